The number of nitrogens with one attached hydrogen (secondary N) is 1. The average molecular weight is 324 g/mol. The van der Waals surface area contributed by atoms with Crippen LogP contribution >= 0.6 is 11.6 Å². The van der Waals surface area contributed by atoms with E-state index in [0.717, 1.165) is 0 Å². The van der Waals surface area contributed by atoms with Gasteiger partial charge in [0.05, 0.1) is 0 Å². The molecule has 0 atom stereocenters. The Bertz CT molecular complexity index is 415. The maximum Gasteiger partial charge on any atom is 0.387 e. The first-order valence-corrected chi connectivity index (χ1v) is 7.11. The summed E-state index contributed by atoms with van der Waals surface area (Å²) in [6.45, 7) is 2.69. The van der Waals surface area contributed by atoms with E-state index in [0.29, 0.717) is 36.9 Å². The summed E-state index contributed by atoms with van der Waals surface area (Å²) in [5, 5.41) is 3.54. The van der Waals surface area contributed by atoms with Crippen LogP contribution in [-0.4, -0.2) is 32.7 Å². The average Bonchev–Trinajstić information content (AvgIpc) is 2.42. The van der Waals surface area contributed by atoms with Crippen molar-refractivity contribution < 1.29 is 23.0 Å². The van der Waals surface area contributed by atoms with Gasteiger partial charge in [-0.3, -0.25) is 0 Å². The Labute approximate surface area is 128 Å². The molecule has 0 heterocycles. The fourth-order valence-electron chi connectivity index (χ4n) is 1.76. The lowest BCUT2D eigenvalue weighted by atomic mass is 10.2. The molecular weight excluding hydrogens is 304 g/mol. The van der Waals surface area contributed by atoms with Crippen LogP contribution in [0.1, 0.15) is 19.4 Å². The van der Waals surface area contributed by atoms with Crippen molar-refractivity contribution in [3.05, 3.63) is 28.8 Å². The number of hydrogen-bond donors (Lipinski definition) is 1. The first kappa shape index (κ1) is 18.1. The molecule has 0 radical (unpaired) electrons. The molecule has 0 aliphatic rings. The lowest BCUT2D eigenvalue weighted by molar-refractivity contribution is -0.133. The van der Waals surface area contributed by atoms with Gasteiger partial charge in [-0.05, 0) is 32.0 Å². The lowest BCUT2D eigenvalue weighted by Gasteiger charge is -2.18. The van der Waals surface area contributed by atoms with Crippen LogP contribution in [0.3, 0.4) is 0 Å². The minimum atomic E-state index is -2.87. The van der Waals surface area contributed by atoms with Crippen molar-refractivity contribution in [2.24, 2.45) is 0 Å². The summed E-state index contributed by atoms with van der Waals surface area (Å²) in [4.78, 5) is 0. The number of halogens is 3. The van der Waals surface area contributed by atoms with E-state index in [1.807, 2.05) is 13.8 Å². The molecule has 0 spiro atoms. The first-order chi connectivity index (χ1) is 10.1. The SMILES string of the molecule is CCOC(CNCc1cc(Cl)ccc1OC(F)F)OCC. The van der Waals surface area contributed by atoms with Gasteiger partial charge in [-0.15, -0.1) is 0 Å². The second kappa shape index (κ2) is 9.89. The monoisotopic (exact) mass is 323 g/mol. The van der Waals surface area contributed by atoms with Crippen LogP contribution in [0.2, 0.25) is 5.02 Å². The van der Waals surface area contributed by atoms with Crippen LogP contribution in [0.4, 0.5) is 8.78 Å². The molecule has 4 nitrogen and oxygen atoms in total. The van der Waals surface area contributed by atoms with E-state index < -0.39 is 6.61 Å². The highest BCUT2D eigenvalue weighted by Gasteiger charge is 2.12. The van der Waals surface area contributed by atoms with E-state index >= 15 is 0 Å². The van der Waals surface area contributed by atoms with Crippen LogP contribution in [0, 0.1) is 0 Å². The molecule has 21 heavy (non-hydrogen) atoms. The minimum Gasteiger partial charge on any atom is -0.434 e. The summed E-state index contributed by atoms with van der Waals surface area (Å²) >= 11 is 5.87. The number of hydrogen-bond acceptors (Lipinski definition) is 4. The molecule has 0 aliphatic heterocycles. The Morgan fingerprint density at radius 1 is 1.19 bits per heavy atom. The van der Waals surface area contributed by atoms with Crippen molar-refractivity contribution in [1.82, 2.24) is 5.32 Å². The summed E-state index contributed by atoms with van der Waals surface area (Å²) in [5.74, 6) is 0.103. The summed E-state index contributed by atoms with van der Waals surface area (Å²) in [6.07, 6.45) is -0.376. The Balaban J connectivity index is 2.58. The molecule has 1 N–H and O–H groups in total. The van der Waals surface area contributed by atoms with Crippen molar-refractivity contribution in [3.63, 3.8) is 0 Å². The Morgan fingerprint density at radius 3 is 2.43 bits per heavy atom. The molecule has 0 unspecified atom stereocenters. The van der Waals surface area contributed by atoms with E-state index in [2.05, 4.69) is 10.1 Å². The topological polar surface area (TPSA) is 39.7 Å². The molecule has 7 heteroatoms. The van der Waals surface area contributed by atoms with Crippen LogP contribution in [-0.2, 0) is 16.0 Å². The maximum atomic E-state index is 12.3. The normalized spacial score (nSPS) is 11.4. The zero-order valence-corrected chi connectivity index (χ0v) is 12.8. The Hall–Kier alpha value is -0.950. The molecule has 1 rings (SSSR count). The van der Waals surface area contributed by atoms with Gasteiger partial charge in [0.2, 0.25) is 0 Å². The maximum absolute atomic E-state index is 12.3. The number of ether oxygens (including phenoxy) is 3. The first-order valence-electron chi connectivity index (χ1n) is 6.74. The molecule has 1 aromatic rings. The molecule has 0 amide bonds. The summed E-state index contributed by atoms with van der Waals surface area (Å²) in [6, 6.07) is 4.52. The van der Waals surface area contributed by atoms with Gasteiger partial charge in [-0.2, -0.15) is 8.78 Å². The lowest BCUT2D eigenvalue weighted by Crippen LogP contribution is -2.31. The predicted octanol–water partition coefficient (Wildman–Crippen LogP) is 3.43. The van der Waals surface area contributed by atoms with Gasteiger partial charge in [0, 0.05) is 36.9 Å². The quantitative estimate of drug-likeness (QED) is 0.670. The number of rotatable bonds is 10. The zero-order chi connectivity index (χ0) is 15.7. The minimum absolute atomic E-state index is 0.103. The molecule has 0 saturated heterocycles. The highest BCUT2D eigenvalue weighted by Crippen LogP contribution is 2.24. The van der Waals surface area contributed by atoms with Crippen molar-refractivity contribution in [2.75, 3.05) is 19.8 Å². The van der Waals surface area contributed by atoms with Crippen LogP contribution in [0.5, 0.6) is 5.75 Å². The second-order valence-corrected chi connectivity index (χ2v) is 4.54. The van der Waals surface area contributed by atoms with Crippen molar-refractivity contribution >= 4 is 11.6 Å². The molecular formula is C14H20ClF2NO3. The molecule has 0 bridgehead atoms. The third kappa shape index (κ3) is 7.04. The van der Waals surface area contributed by atoms with Crippen LogP contribution in [0.15, 0.2) is 18.2 Å². The van der Waals surface area contributed by atoms with Crippen molar-refractivity contribution in [3.8, 4) is 5.75 Å². The summed E-state index contributed by atoms with van der Waals surface area (Å²) in [5.41, 5.74) is 0.551. The second-order valence-electron chi connectivity index (χ2n) is 4.10. The molecule has 1 aromatic carbocycles. The van der Waals surface area contributed by atoms with Crippen LogP contribution < -0.4 is 10.1 Å². The highest BCUT2D eigenvalue weighted by atomic mass is 35.5. The third-order valence-corrected chi connectivity index (χ3v) is 2.81. The third-order valence-electron chi connectivity index (χ3n) is 2.57. The Kier molecular flexibility index (Phi) is 8.52. The molecule has 120 valence electrons. The predicted molar refractivity (Wildman–Crippen MR) is 76.8 cm³/mol. The van der Waals surface area contributed by atoms with E-state index in [9.17, 15) is 8.78 Å². The standard InChI is InChI=1S/C14H20ClF2NO3/c1-3-19-13(20-4-2)9-18-8-10-7-11(15)5-6-12(10)21-14(16)17/h5-7,13-14,18H,3-4,8-9H2,1-2H3. The van der Waals surface area contributed by atoms with Gasteiger partial charge in [0.1, 0.15) is 5.75 Å². The van der Waals surface area contributed by atoms with Gasteiger partial charge in [-0.25, -0.2) is 0 Å². The van der Waals surface area contributed by atoms with Gasteiger partial charge < -0.3 is 19.5 Å². The highest BCUT2D eigenvalue weighted by molar-refractivity contribution is 6.30. The molecule has 0 aromatic heterocycles. The number of benzene rings is 1. The van der Waals surface area contributed by atoms with Gasteiger partial charge in [0.25, 0.3) is 0 Å². The molecule has 0 aliphatic carbocycles. The fourth-order valence-corrected chi connectivity index (χ4v) is 1.95. The van der Waals surface area contributed by atoms with Crippen LogP contribution in [0.25, 0.3) is 0 Å². The number of alkyl halides is 2. The summed E-state index contributed by atoms with van der Waals surface area (Å²) < 4.78 is 39.9. The van der Waals surface area contributed by atoms with Crippen molar-refractivity contribution in [1.29, 1.82) is 0 Å². The summed E-state index contributed by atoms with van der Waals surface area (Å²) in [7, 11) is 0. The Morgan fingerprint density at radius 2 is 1.86 bits per heavy atom. The fraction of sp³-hybridized carbons (Fsp3) is 0.571. The van der Waals surface area contributed by atoms with E-state index in [1.165, 1.54) is 12.1 Å². The zero-order valence-electron chi connectivity index (χ0n) is 12.1. The molecule has 0 fully saturated rings. The van der Waals surface area contributed by atoms with E-state index in [-0.39, 0.29) is 12.0 Å². The van der Waals surface area contributed by atoms with E-state index in [4.69, 9.17) is 21.1 Å². The van der Waals surface area contributed by atoms with Gasteiger partial charge in [-0.1, -0.05) is 11.6 Å². The van der Waals surface area contributed by atoms with E-state index in [1.54, 1.807) is 6.07 Å². The smallest absolute Gasteiger partial charge is 0.387 e. The van der Waals surface area contributed by atoms with Gasteiger partial charge in [0.15, 0.2) is 6.29 Å². The van der Waals surface area contributed by atoms with Gasteiger partial charge >= 0.3 is 6.61 Å². The van der Waals surface area contributed by atoms with Crippen molar-refractivity contribution in [2.45, 2.75) is 33.3 Å². The molecule has 0 saturated carbocycles. The largest absolute Gasteiger partial charge is 0.434 e.